The third-order valence-corrected chi connectivity index (χ3v) is 4.80. The smallest absolute Gasteiger partial charge is 0.205 e. The van der Waals surface area contributed by atoms with Crippen molar-refractivity contribution >= 4 is 31.9 Å². The molecule has 5 nitrogen and oxygen atoms in total. The molecular formula is C17H12Br2N2O3. The molecule has 0 saturated carbocycles. The summed E-state index contributed by atoms with van der Waals surface area (Å²) in [5, 5.41) is 19.3. The summed E-state index contributed by atoms with van der Waals surface area (Å²) in [6, 6.07) is 10.6. The van der Waals surface area contributed by atoms with Crippen molar-refractivity contribution in [1.82, 2.24) is 0 Å². The summed E-state index contributed by atoms with van der Waals surface area (Å²) in [7, 11) is 1.56. The number of hydrogen-bond donors (Lipinski definition) is 2. The first-order chi connectivity index (χ1) is 11.5. The first-order valence-corrected chi connectivity index (χ1v) is 8.48. The van der Waals surface area contributed by atoms with Gasteiger partial charge in [0.2, 0.25) is 5.88 Å². The molecule has 0 saturated heterocycles. The minimum Gasteiger partial charge on any atom is -0.508 e. The van der Waals surface area contributed by atoms with Crippen molar-refractivity contribution in [3.05, 3.63) is 61.9 Å². The van der Waals surface area contributed by atoms with Gasteiger partial charge in [0.05, 0.1) is 17.5 Å². The highest BCUT2D eigenvalue weighted by atomic mass is 79.9. The van der Waals surface area contributed by atoms with Crippen molar-refractivity contribution in [2.75, 3.05) is 7.11 Å². The van der Waals surface area contributed by atoms with Gasteiger partial charge in [0.15, 0.2) is 0 Å². The van der Waals surface area contributed by atoms with Crippen molar-refractivity contribution in [2.45, 2.75) is 5.92 Å². The molecule has 0 unspecified atom stereocenters. The van der Waals surface area contributed by atoms with E-state index in [4.69, 9.17) is 15.2 Å². The number of ether oxygens (including phenoxy) is 2. The molecule has 24 heavy (non-hydrogen) atoms. The predicted molar refractivity (Wildman–Crippen MR) is 95.8 cm³/mol. The lowest BCUT2D eigenvalue weighted by atomic mass is 9.83. The molecule has 2 aromatic carbocycles. The van der Waals surface area contributed by atoms with Crippen LogP contribution in [0.2, 0.25) is 0 Å². The van der Waals surface area contributed by atoms with E-state index >= 15 is 0 Å². The number of allylic oxidation sites excluding steroid dienone is 1. The Morgan fingerprint density at radius 3 is 2.67 bits per heavy atom. The van der Waals surface area contributed by atoms with Crippen molar-refractivity contribution in [3.63, 3.8) is 0 Å². The Kier molecular flexibility index (Phi) is 4.43. The van der Waals surface area contributed by atoms with Gasteiger partial charge < -0.3 is 20.3 Å². The van der Waals surface area contributed by atoms with Crippen LogP contribution in [0.4, 0.5) is 0 Å². The van der Waals surface area contributed by atoms with Crippen molar-refractivity contribution in [1.29, 1.82) is 5.26 Å². The lowest BCUT2D eigenvalue weighted by molar-refractivity contribution is 0.382. The molecule has 7 heteroatoms. The fourth-order valence-corrected chi connectivity index (χ4v) is 4.19. The lowest BCUT2D eigenvalue weighted by Crippen LogP contribution is -2.21. The summed E-state index contributed by atoms with van der Waals surface area (Å²) in [6.07, 6.45) is 0. The Morgan fingerprint density at radius 1 is 1.25 bits per heavy atom. The molecule has 0 spiro atoms. The Labute approximate surface area is 155 Å². The number of methoxy groups -OCH3 is 1. The van der Waals surface area contributed by atoms with E-state index in [1.165, 1.54) is 6.07 Å². The second-order valence-electron chi connectivity index (χ2n) is 5.16. The summed E-state index contributed by atoms with van der Waals surface area (Å²) in [5.74, 6) is 0.615. The van der Waals surface area contributed by atoms with E-state index in [1.807, 2.05) is 12.1 Å². The minimum absolute atomic E-state index is 0.0127. The SMILES string of the molecule is COc1c(Br)cc(Br)cc1[C@H]1C(C#N)=C(N)Oc2cc(O)ccc21. The van der Waals surface area contributed by atoms with Crippen molar-refractivity contribution in [3.8, 4) is 23.3 Å². The van der Waals surface area contributed by atoms with Crippen LogP contribution >= 0.6 is 31.9 Å². The summed E-state index contributed by atoms with van der Waals surface area (Å²) < 4.78 is 12.6. The van der Waals surface area contributed by atoms with Crippen LogP contribution in [-0.4, -0.2) is 12.2 Å². The molecule has 1 heterocycles. The second kappa shape index (κ2) is 6.38. The standard InChI is InChI=1S/C17H12Br2N2O3/c1-23-16-11(4-8(18)5-13(16)19)15-10-3-2-9(22)6-14(10)24-17(21)12(15)7-20/h2-6,15,22H,21H2,1H3/t15-/m0/s1. The van der Waals surface area contributed by atoms with E-state index < -0.39 is 5.92 Å². The number of aromatic hydroxyl groups is 1. The summed E-state index contributed by atoms with van der Waals surface area (Å²) in [6.45, 7) is 0. The molecule has 0 fully saturated rings. The maximum Gasteiger partial charge on any atom is 0.205 e. The topological polar surface area (TPSA) is 88.5 Å². The number of nitrogens with two attached hydrogens (primary N) is 1. The Balaban J connectivity index is 2.32. The second-order valence-corrected chi connectivity index (χ2v) is 6.93. The van der Waals surface area contributed by atoms with Gasteiger partial charge in [-0.05, 0) is 34.1 Å². The van der Waals surface area contributed by atoms with Gasteiger partial charge in [0.1, 0.15) is 28.9 Å². The Bertz CT molecular complexity index is 903. The number of halogens is 2. The molecule has 3 rings (SSSR count). The molecule has 1 aliphatic rings. The summed E-state index contributed by atoms with van der Waals surface area (Å²) >= 11 is 6.94. The molecule has 0 aliphatic carbocycles. The molecule has 3 N–H and O–H groups in total. The van der Waals surface area contributed by atoms with Gasteiger partial charge in [-0.1, -0.05) is 22.0 Å². The number of nitriles is 1. The number of hydrogen-bond acceptors (Lipinski definition) is 5. The van der Waals surface area contributed by atoms with E-state index in [1.54, 1.807) is 19.2 Å². The molecule has 122 valence electrons. The Hall–Kier alpha value is -2.17. The van der Waals surface area contributed by atoms with E-state index in [9.17, 15) is 10.4 Å². The third-order valence-electron chi connectivity index (χ3n) is 3.75. The third kappa shape index (κ3) is 2.72. The fraction of sp³-hybridized carbons (Fsp3) is 0.118. The first-order valence-electron chi connectivity index (χ1n) is 6.89. The highest BCUT2D eigenvalue weighted by Gasteiger charge is 2.33. The highest BCUT2D eigenvalue weighted by Crippen LogP contribution is 2.48. The van der Waals surface area contributed by atoms with E-state index in [2.05, 4.69) is 37.9 Å². The van der Waals surface area contributed by atoms with Gasteiger partial charge >= 0.3 is 0 Å². The number of nitrogens with zero attached hydrogens (tertiary/aromatic N) is 1. The van der Waals surface area contributed by atoms with E-state index in [0.717, 1.165) is 20.1 Å². The van der Waals surface area contributed by atoms with E-state index in [0.29, 0.717) is 11.5 Å². The molecule has 1 atom stereocenters. The zero-order valence-corrected chi connectivity index (χ0v) is 15.7. The monoisotopic (exact) mass is 450 g/mol. The van der Waals surface area contributed by atoms with Crippen LogP contribution in [0.3, 0.4) is 0 Å². The molecule has 0 aromatic heterocycles. The number of benzene rings is 2. The van der Waals surface area contributed by atoms with Crippen molar-refractivity contribution in [2.24, 2.45) is 5.73 Å². The quantitative estimate of drug-likeness (QED) is 0.716. The molecule has 2 aromatic rings. The van der Waals surface area contributed by atoms with Gasteiger partial charge in [-0.15, -0.1) is 0 Å². The van der Waals surface area contributed by atoms with Gasteiger partial charge in [-0.25, -0.2) is 0 Å². The van der Waals surface area contributed by atoms with Crippen LogP contribution in [0.25, 0.3) is 0 Å². The summed E-state index contributed by atoms with van der Waals surface area (Å²) in [5.41, 5.74) is 7.71. The minimum atomic E-state index is -0.469. The molecule has 0 bridgehead atoms. The van der Waals surface area contributed by atoms with Crippen LogP contribution in [0.1, 0.15) is 17.0 Å². The summed E-state index contributed by atoms with van der Waals surface area (Å²) in [4.78, 5) is 0. The number of phenolic OH excluding ortho intramolecular Hbond substituents is 1. The molecular weight excluding hydrogens is 440 g/mol. The zero-order valence-electron chi connectivity index (χ0n) is 12.5. The van der Waals surface area contributed by atoms with Crippen LogP contribution in [0.5, 0.6) is 17.2 Å². The largest absolute Gasteiger partial charge is 0.508 e. The maximum atomic E-state index is 9.70. The normalized spacial score (nSPS) is 16.2. The van der Waals surface area contributed by atoms with Crippen LogP contribution in [-0.2, 0) is 0 Å². The molecule has 0 amide bonds. The van der Waals surface area contributed by atoms with Crippen LogP contribution in [0.15, 0.2) is 50.7 Å². The lowest BCUT2D eigenvalue weighted by Gasteiger charge is -2.28. The first kappa shape index (κ1) is 16.7. The van der Waals surface area contributed by atoms with Crippen molar-refractivity contribution < 1.29 is 14.6 Å². The number of fused-ring (bicyclic) bond motifs is 1. The highest BCUT2D eigenvalue weighted by molar-refractivity contribution is 9.11. The van der Waals surface area contributed by atoms with E-state index in [-0.39, 0.29) is 17.2 Å². The zero-order chi connectivity index (χ0) is 17.4. The average Bonchev–Trinajstić information content (AvgIpc) is 2.52. The van der Waals surface area contributed by atoms with Crippen LogP contribution < -0.4 is 15.2 Å². The van der Waals surface area contributed by atoms with Crippen LogP contribution in [0, 0.1) is 11.3 Å². The van der Waals surface area contributed by atoms with Gasteiger partial charge in [0.25, 0.3) is 0 Å². The molecule has 1 aliphatic heterocycles. The van der Waals surface area contributed by atoms with Gasteiger partial charge in [-0.3, -0.25) is 0 Å². The Morgan fingerprint density at radius 2 is 2.00 bits per heavy atom. The number of rotatable bonds is 2. The average molecular weight is 452 g/mol. The van der Waals surface area contributed by atoms with Gasteiger partial charge in [0, 0.05) is 21.7 Å². The fourth-order valence-electron chi connectivity index (χ4n) is 2.77. The number of phenols is 1. The maximum absolute atomic E-state index is 9.70. The predicted octanol–water partition coefficient (Wildman–Crippen LogP) is 4.14. The molecule has 0 radical (unpaired) electrons. The van der Waals surface area contributed by atoms with Gasteiger partial charge in [-0.2, -0.15) is 5.26 Å².